The van der Waals surface area contributed by atoms with Crippen molar-refractivity contribution in [1.29, 1.82) is 0 Å². The standard InChI is InChI=1S/C14H21N5O2S/c1-3-22(20,21)18(2)11-5-8-19(9-6-11)14-13-12(4-7-15-14)16-10-17-13/h4,7,10-11H,3,5-6,8-9H2,1-2H3,(H,16,17). The molecule has 1 N–H and O–H groups in total. The van der Waals surface area contributed by atoms with Crippen LogP contribution in [-0.4, -0.2) is 59.6 Å². The van der Waals surface area contributed by atoms with Gasteiger partial charge >= 0.3 is 0 Å². The number of sulfonamides is 1. The van der Waals surface area contributed by atoms with E-state index in [2.05, 4.69) is 19.9 Å². The van der Waals surface area contributed by atoms with E-state index in [-0.39, 0.29) is 11.8 Å². The van der Waals surface area contributed by atoms with Crippen LogP contribution < -0.4 is 4.90 Å². The molecule has 2 aromatic rings. The Balaban J connectivity index is 1.73. The summed E-state index contributed by atoms with van der Waals surface area (Å²) >= 11 is 0. The summed E-state index contributed by atoms with van der Waals surface area (Å²) in [6.45, 7) is 3.25. The highest BCUT2D eigenvalue weighted by Crippen LogP contribution is 2.26. The summed E-state index contributed by atoms with van der Waals surface area (Å²) in [5.74, 6) is 1.02. The normalized spacial score (nSPS) is 17.5. The Morgan fingerprint density at radius 1 is 1.36 bits per heavy atom. The van der Waals surface area contributed by atoms with Crippen LogP contribution in [0.3, 0.4) is 0 Å². The summed E-state index contributed by atoms with van der Waals surface area (Å²) in [5.41, 5.74) is 1.84. The molecular formula is C14H21N5O2S. The summed E-state index contributed by atoms with van der Waals surface area (Å²) in [4.78, 5) is 14.1. The number of aromatic amines is 1. The maximum atomic E-state index is 12.0. The van der Waals surface area contributed by atoms with Crippen molar-refractivity contribution in [3.05, 3.63) is 18.6 Å². The molecule has 1 fully saturated rings. The number of piperidine rings is 1. The third-order valence-electron chi connectivity index (χ3n) is 4.40. The first-order valence-electron chi connectivity index (χ1n) is 7.51. The van der Waals surface area contributed by atoms with Gasteiger partial charge in [-0.3, -0.25) is 0 Å². The van der Waals surface area contributed by atoms with Gasteiger partial charge < -0.3 is 9.88 Å². The summed E-state index contributed by atoms with van der Waals surface area (Å²) in [7, 11) is -1.44. The van der Waals surface area contributed by atoms with Gasteiger partial charge in [-0.05, 0) is 25.8 Å². The van der Waals surface area contributed by atoms with Crippen LogP contribution >= 0.6 is 0 Å². The first-order valence-corrected chi connectivity index (χ1v) is 9.12. The van der Waals surface area contributed by atoms with Crippen LogP contribution in [0.15, 0.2) is 18.6 Å². The maximum absolute atomic E-state index is 12.0. The van der Waals surface area contributed by atoms with Crippen molar-refractivity contribution < 1.29 is 8.42 Å². The Morgan fingerprint density at radius 2 is 2.09 bits per heavy atom. The van der Waals surface area contributed by atoms with Crippen molar-refractivity contribution in [2.24, 2.45) is 0 Å². The van der Waals surface area contributed by atoms with Gasteiger partial charge in [0, 0.05) is 32.4 Å². The highest BCUT2D eigenvalue weighted by molar-refractivity contribution is 7.89. The Labute approximate surface area is 130 Å². The van der Waals surface area contributed by atoms with Crippen LogP contribution in [0.5, 0.6) is 0 Å². The Kier molecular flexibility index (Phi) is 4.05. The number of nitrogens with zero attached hydrogens (tertiary/aromatic N) is 4. The highest BCUT2D eigenvalue weighted by atomic mass is 32.2. The van der Waals surface area contributed by atoms with E-state index in [4.69, 9.17) is 0 Å². The van der Waals surface area contributed by atoms with Crippen molar-refractivity contribution in [2.45, 2.75) is 25.8 Å². The molecule has 0 aliphatic carbocycles. The van der Waals surface area contributed by atoms with E-state index in [1.807, 2.05) is 6.07 Å². The molecule has 0 aromatic carbocycles. The van der Waals surface area contributed by atoms with Crippen molar-refractivity contribution >= 4 is 26.9 Å². The molecule has 8 heteroatoms. The SMILES string of the molecule is CCS(=O)(=O)N(C)C1CCN(c2nccc3[nH]cnc23)CC1. The fourth-order valence-corrected chi connectivity index (χ4v) is 4.03. The number of aromatic nitrogens is 3. The summed E-state index contributed by atoms with van der Waals surface area (Å²) < 4.78 is 25.5. The van der Waals surface area contributed by atoms with Gasteiger partial charge in [0.2, 0.25) is 10.0 Å². The number of anilines is 1. The molecular weight excluding hydrogens is 302 g/mol. The molecule has 1 saturated heterocycles. The molecule has 0 spiro atoms. The second-order valence-corrected chi connectivity index (χ2v) is 7.89. The zero-order valence-corrected chi connectivity index (χ0v) is 13.7. The lowest BCUT2D eigenvalue weighted by molar-refractivity contribution is 0.312. The van der Waals surface area contributed by atoms with Gasteiger partial charge in [-0.2, -0.15) is 0 Å². The predicted octanol–water partition coefficient (Wildman–Crippen LogP) is 1.21. The van der Waals surface area contributed by atoms with E-state index >= 15 is 0 Å². The Bertz CT molecular complexity index is 749. The molecule has 3 heterocycles. The van der Waals surface area contributed by atoms with Crippen LogP contribution in [0, 0.1) is 0 Å². The van der Waals surface area contributed by atoms with Crippen molar-refractivity contribution in [2.75, 3.05) is 30.8 Å². The molecule has 1 aliphatic rings. The number of pyridine rings is 1. The second-order valence-electron chi connectivity index (χ2n) is 5.57. The minimum Gasteiger partial charge on any atom is -0.355 e. The fourth-order valence-electron chi connectivity index (χ4n) is 2.96. The van der Waals surface area contributed by atoms with Gasteiger partial charge in [0.25, 0.3) is 0 Å². The van der Waals surface area contributed by atoms with Gasteiger partial charge in [0.05, 0.1) is 17.6 Å². The smallest absolute Gasteiger partial charge is 0.213 e. The zero-order valence-electron chi connectivity index (χ0n) is 12.9. The summed E-state index contributed by atoms with van der Waals surface area (Å²) in [6.07, 6.45) is 5.05. The fraction of sp³-hybridized carbons (Fsp3) is 0.571. The molecule has 120 valence electrons. The lowest BCUT2D eigenvalue weighted by Gasteiger charge is -2.36. The third-order valence-corrected chi connectivity index (χ3v) is 6.31. The summed E-state index contributed by atoms with van der Waals surface area (Å²) in [6, 6.07) is 1.97. The largest absolute Gasteiger partial charge is 0.355 e. The maximum Gasteiger partial charge on any atom is 0.213 e. The average molecular weight is 323 g/mol. The molecule has 0 radical (unpaired) electrons. The van der Waals surface area contributed by atoms with Gasteiger partial charge in [-0.25, -0.2) is 22.7 Å². The number of imidazole rings is 1. The number of fused-ring (bicyclic) bond motifs is 1. The van der Waals surface area contributed by atoms with E-state index < -0.39 is 10.0 Å². The Hall–Kier alpha value is -1.67. The van der Waals surface area contributed by atoms with E-state index in [1.54, 1.807) is 26.5 Å². The number of nitrogens with one attached hydrogen (secondary N) is 1. The third kappa shape index (κ3) is 2.68. The van der Waals surface area contributed by atoms with Gasteiger partial charge in [-0.15, -0.1) is 0 Å². The Morgan fingerprint density at radius 3 is 2.77 bits per heavy atom. The van der Waals surface area contributed by atoms with E-state index in [1.165, 1.54) is 4.31 Å². The van der Waals surface area contributed by atoms with E-state index in [9.17, 15) is 8.42 Å². The number of H-pyrrole nitrogens is 1. The quantitative estimate of drug-likeness (QED) is 0.914. The van der Waals surface area contributed by atoms with Crippen LogP contribution in [-0.2, 0) is 10.0 Å². The van der Waals surface area contributed by atoms with Gasteiger partial charge in [-0.1, -0.05) is 0 Å². The average Bonchev–Trinajstić information content (AvgIpc) is 3.03. The van der Waals surface area contributed by atoms with Gasteiger partial charge in [0.15, 0.2) is 5.82 Å². The highest BCUT2D eigenvalue weighted by Gasteiger charge is 2.29. The van der Waals surface area contributed by atoms with Gasteiger partial charge in [0.1, 0.15) is 5.52 Å². The number of rotatable bonds is 4. The van der Waals surface area contributed by atoms with E-state index in [0.29, 0.717) is 0 Å². The van der Waals surface area contributed by atoms with Crippen LogP contribution in [0.1, 0.15) is 19.8 Å². The number of hydrogen-bond donors (Lipinski definition) is 1. The minimum absolute atomic E-state index is 0.0691. The topological polar surface area (TPSA) is 82.2 Å². The summed E-state index contributed by atoms with van der Waals surface area (Å²) in [5, 5.41) is 0. The zero-order chi connectivity index (χ0) is 15.7. The van der Waals surface area contributed by atoms with Crippen LogP contribution in [0.2, 0.25) is 0 Å². The monoisotopic (exact) mass is 323 g/mol. The van der Waals surface area contributed by atoms with Crippen molar-refractivity contribution in [3.8, 4) is 0 Å². The lowest BCUT2D eigenvalue weighted by atomic mass is 10.1. The molecule has 2 aromatic heterocycles. The molecule has 0 bridgehead atoms. The van der Waals surface area contributed by atoms with Crippen LogP contribution in [0.4, 0.5) is 5.82 Å². The van der Waals surface area contributed by atoms with Crippen molar-refractivity contribution in [3.63, 3.8) is 0 Å². The molecule has 0 atom stereocenters. The van der Waals surface area contributed by atoms with E-state index in [0.717, 1.165) is 42.8 Å². The first kappa shape index (κ1) is 15.2. The number of hydrogen-bond acceptors (Lipinski definition) is 5. The molecule has 1 aliphatic heterocycles. The molecule has 7 nitrogen and oxygen atoms in total. The van der Waals surface area contributed by atoms with Crippen LogP contribution in [0.25, 0.3) is 11.0 Å². The minimum atomic E-state index is -3.12. The molecule has 0 unspecified atom stereocenters. The molecule has 0 amide bonds. The lowest BCUT2D eigenvalue weighted by Crippen LogP contribution is -2.46. The predicted molar refractivity (Wildman–Crippen MR) is 86.3 cm³/mol. The molecule has 22 heavy (non-hydrogen) atoms. The second kappa shape index (κ2) is 5.85. The molecule has 0 saturated carbocycles. The first-order chi connectivity index (χ1) is 10.5. The molecule has 3 rings (SSSR count). The van der Waals surface area contributed by atoms with Crippen molar-refractivity contribution in [1.82, 2.24) is 19.3 Å².